The van der Waals surface area contributed by atoms with E-state index in [-0.39, 0.29) is 23.9 Å². The Balaban J connectivity index is 1.46. The first kappa shape index (κ1) is 21.0. The minimum atomic E-state index is -0.247. The number of rotatable bonds is 7. The lowest BCUT2D eigenvalue weighted by atomic mass is 9.97. The van der Waals surface area contributed by atoms with Crippen molar-refractivity contribution in [3.63, 3.8) is 0 Å². The van der Waals surface area contributed by atoms with Crippen LogP contribution in [0.15, 0.2) is 24.3 Å². The number of likely N-dealkylation sites (tertiary alicyclic amines) is 1. The van der Waals surface area contributed by atoms with Crippen molar-refractivity contribution in [3.8, 4) is 0 Å². The van der Waals surface area contributed by atoms with Crippen LogP contribution in [0.1, 0.15) is 39.0 Å². The van der Waals surface area contributed by atoms with Gasteiger partial charge in [-0.3, -0.25) is 4.79 Å². The fourth-order valence-electron chi connectivity index (χ4n) is 3.34. The highest BCUT2D eigenvalue weighted by Gasteiger charge is 2.29. The molecule has 0 aromatic heterocycles. The van der Waals surface area contributed by atoms with Gasteiger partial charge in [0.2, 0.25) is 5.91 Å². The number of carbonyl (C=O) groups is 3. The topological polar surface area (TPSA) is 103 Å². The number of benzene rings is 1. The molecule has 0 spiro atoms. The number of amides is 5. The quantitative estimate of drug-likeness (QED) is 0.565. The molecular formula is C21H31N5O3. The Kier molecular flexibility index (Phi) is 7.32. The van der Waals surface area contributed by atoms with Gasteiger partial charge in [-0.05, 0) is 62.3 Å². The number of hydrogen-bond acceptors (Lipinski definition) is 3. The summed E-state index contributed by atoms with van der Waals surface area (Å²) in [6.07, 6.45) is 4.93. The molecule has 1 aliphatic carbocycles. The van der Waals surface area contributed by atoms with E-state index in [9.17, 15) is 14.4 Å². The normalized spacial score (nSPS) is 18.7. The molecule has 1 aliphatic heterocycles. The van der Waals surface area contributed by atoms with Crippen molar-refractivity contribution in [1.82, 2.24) is 15.5 Å². The van der Waals surface area contributed by atoms with Crippen molar-refractivity contribution in [2.24, 2.45) is 11.8 Å². The lowest BCUT2D eigenvalue weighted by molar-refractivity contribution is -0.126. The van der Waals surface area contributed by atoms with E-state index in [1.807, 2.05) is 6.92 Å². The van der Waals surface area contributed by atoms with Crippen LogP contribution in [0.2, 0.25) is 0 Å². The van der Waals surface area contributed by atoms with Crippen LogP contribution in [0, 0.1) is 11.8 Å². The summed E-state index contributed by atoms with van der Waals surface area (Å²) in [6.45, 7) is 4.46. The van der Waals surface area contributed by atoms with Gasteiger partial charge in [0.25, 0.3) is 0 Å². The molecule has 5 amide bonds. The number of urea groups is 2. The van der Waals surface area contributed by atoms with Crippen LogP contribution in [0.5, 0.6) is 0 Å². The molecule has 1 aromatic rings. The maximum absolute atomic E-state index is 12.6. The summed E-state index contributed by atoms with van der Waals surface area (Å²) >= 11 is 0. The van der Waals surface area contributed by atoms with Gasteiger partial charge in [-0.2, -0.15) is 0 Å². The van der Waals surface area contributed by atoms with E-state index >= 15 is 0 Å². The van der Waals surface area contributed by atoms with Gasteiger partial charge < -0.3 is 26.2 Å². The first-order valence-electron chi connectivity index (χ1n) is 10.5. The number of piperidine rings is 1. The highest BCUT2D eigenvalue weighted by molar-refractivity contribution is 5.92. The van der Waals surface area contributed by atoms with Crippen LogP contribution < -0.4 is 21.3 Å². The van der Waals surface area contributed by atoms with E-state index in [0.717, 1.165) is 25.8 Å². The summed E-state index contributed by atoms with van der Waals surface area (Å²) < 4.78 is 0. The molecule has 1 heterocycles. The second-order valence-corrected chi connectivity index (χ2v) is 7.86. The van der Waals surface area contributed by atoms with Crippen molar-refractivity contribution in [2.75, 3.05) is 36.8 Å². The summed E-state index contributed by atoms with van der Waals surface area (Å²) in [5.74, 6) is 0.574. The predicted molar refractivity (Wildman–Crippen MR) is 113 cm³/mol. The van der Waals surface area contributed by atoms with Crippen molar-refractivity contribution in [1.29, 1.82) is 0 Å². The van der Waals surface area contributed by atoms with E-state index in [1.54, 1.807) is 29.2 Å². The third kappa shape index (κ3) is 6.66. The van der Waals surface area contributed by atoms with E-state index in [4.69, 9.17) is 0 Å². The van der Waals surface area contributed by atoms with Gasteiger partial charge in [-0.25, -0.2) is 9.59 Å². The average Bonchev–Trinajstić information content (AvgIpc) is 3.56. The number of anilines is 2. The van der Waals surface area contributed by atoms with Gasteiger partial charge in [0.15, 0.2) is 0 Å². The molecule has 2 fully saturated rings. The maximum atomic E-state index is 12.6. The first-order chi connectivity index (χ1) is 14.0. The lowest BCUT2D eigenvalue weighted by Gasteiger charge is -2.32. The molecule has 8 heteroatoms. The summed E-state index contributed by atoms with van der Waals surface area (Å²) in [7, 11) is 0. The Hall–Kier alpha value is -2.77. The van der Waals surface area contributed by atoms with Crippen LogP contribution in [0.4, 0.5) is 21.0 Å². The molecule has 3 rings (SSSR count). The zero-order chi connectivity index (χ0) is 20.6. The van der Waals surface area contributed by atoms with E-state index < -0.39 is 0 Å². The highest BCUT2D eigenvalue weighted by Crippen LogP contribution is 2.28. The Morgan fingerprint density at radius 2 is 1.69 bits per heavy atom. The maximum Gasteiger partial charge on any atom is 0.321 e. The molecule has 1 atom stereocenters. The smallest absolute Gasteiger partial charge is 0.321 e. The van der Waals surface area contributed by atoms with Crippen LogP contribution >= 0.6 is 0 Å². The molecule has 8 nitrogen and oxygen atoms in total. The predicted octanol–water partition coefficient (Wildman–Crippen LogP) is 2.99. The number of hydrogen-bond donors (Lipinski definition) is 4. The van der Waals surface area contributed by atoms with Crippen LogP contribution in [0.3, 0.4) is 0 Å². The second kappa shape index (κ2) is 10.1. The monoisotopic (exact) mass is 401 g/mol. The standard InChI is InChI=1S/C21H31N5O3/c1-2-11-22-20(28)24-17-7-9-18(10-8-17)25-21(29)26-12-3-4-16(14-26)19(27)23-13-15-5-6-15/h7-10,15-16H,2-6,11-14H2,1H3,(H,23,27)(H,25,29)(H2,22,24,28). The van der Waals surface area contributed by atoms with Crippen LogP contribution in [0.25, 0.3) is 0 Å². The highest BCUT2D eigenvalue weighted by atomic mass is 16.2. The van der Waals surface area contributed by atoms with Gasteiger partial charge in [-0.15, -0.1) is 0 Å². The molecule has 1 aromatic carbocycles. The third-order valence-corrected chi connectivity index (χ3v) is 5.27. The van der Waals surface area contributed by atoms with E-state index in [1.165, 1.54) is 12.8 Å². The van der Waals surface area contributed by atoms with Gasteiger partial charge in [0.1, 0.15) is 0 Å². The van der Waals surface area contributed by atoms with Crippen molar-refractivity contribution in [2.45, 2.75) is 39.0 Å². The summed E-state index contributed by atoms with van der Waals surface area (Å²) in [5.41, 5.74) is 1.30. The van der Waals surface area contributed by atoms with Gasteiger partial charge in [0, 0.05) is 37.6 Å². The van der Waals surface area contributed by atoms with Crippen LogP contribution in [-0.2, 0) is 4.79 Å². The molecule has 1 saturated heterocycles. The molecule has 1 unspecified atom stereocenters. The summed E-state index contributed by atoms with van der Waals surface area (Å²) in [5, 5.41) is 11.4. The molecule has 0 bridgehead atoms. The van der Waals surface area contributed by atoms with E-state index in [2.05, 4.69) is 21.3 Å². The van der Waals surface area contributed by atoms with Gasteiger partial charge in [0.05, 0.1) is 5.92 Å². The fourth-order valence-corrected chi connectivity index (χ4v) is 3.34. The van der Waals surface area contributed by atoms with Crippen molar-refractivity contribution < 1.29 is 14.4 Å². The number of carbonyl (C=O) groups excluding carboxylic acids is 3. The molecule has 2 aliphatic rings. The minimum Gasteiger partial charge on any atom is -0.356 e. The van der Waals surface area contributed by atoms with Crippen molar-refractivity contribution >= 4 is 29.3 Å². The fraction of sp³-hybridized carbons (Fsp3) is 0.571. The summed E-state index contributed by atoms with van der Waals surface area (Å²) in [6, 6.07) is 6.53. The zero-order valence-electron chi connectivity index (χ0n) is 17.0. The van der Waals surface area contributed by atoms with Gasteiger partial charge >= 0.3 is 12.1 Å². The zero-order valence-corrected chi connectivity index (χ0v) is 17.0. The lowest BCUT2D eigenvalue weighted by Crippen LogP contribution is -2.47. The largest absolute Gasteiger partial charge is 0.356 e. The number of nitrogens with zero attached hydrogens (tertiary/aromatic N) is 1. The molecule has 4 N–H and O–H groups in total. The summed E-state index contributed by atoms with van der Waals surface area (Å²) in [4.78, 5) is 38.3. The Bertz CT molecular complexity index is 718. The van der Waals surface area contributed by atoms with Crippen molar-refractivity contribution in [3.05, 3.63) is 24.3 Å². The first-order valence-corrected chi connectivity index (χ1v) is 10.5. The molecular weight excluding hydrogens is 370 g/mol. The minimum absolute atomic E-state index is 0.0613. The third-order valence-electron chi connectivity index (χ3n) is 5.27. The molecule has 29 heavy (non-hydrogen) atoms. The number of nitrogens with one attached hydrogen (secondary N) is 4. The Morgan fingerprint density at radius 1 is 1.00 bits per heavy atom. The molecule has 158 valence electrons. The molecule has 0 radical (unpaired) electrons. The Morgan fingerprint density at radius 3 is 2.34 bits per heavy atom. The average molecular weight is 402 g/mol. The Labute approximate surface area is 171 Å². The molecule has 1 saturated carbocycles. The van der Waals surface area contributed by atoms with Crippen LogP contribution in [-0.4, -0.2) is 49.0 Å². The van der Waals surface area contributed by atoms with Gasteiger partial charge in [-0.1, -0.05) is 6.92 Å². The van der Waals surface area contributed by atoms with E-state index in [0.29, 0.717) is 36.9 Å². The second-order valence-electron chi connectivity index (χ2n) is 7.86. The SMILES string of the molecule is CCCNC(=O)Nc1ccc(NC(=O)N2CCCC(C(=O)NCC3CC3)C2)cc1.